The molecule has 1 heterocycles. The van der Waals surface area contributed by atoms with E-state index >= 15 is 0 Å². The molecule has 0 atom stereocenters. The number of rotatable bonds is 9. The highest BCUT2D eigenvalue weighted by Crippen LogP contribution is 2.33. The largest absolute Gasteiger partial charge is 0.493 e. The van der Waals surface area contributed by atoms with Crippen LogP contribution in [-0.4, -0.2) is 44.7 Å². The van der Waals surface area contributed by atoms with Crippen LogP contribution in [0.2, 0.25) is 0 Å². The van der Waals surface area contributed by atoms with E-state index in [4.69, 9.17) is 14.2 Å². The number of hydrogen-bond donors (Lipinski definition) is 0. The Balaban J connectivity index is 1.27. The average Bonchev–Trinajstić information content (AvgIpc) is 2.91. The van der Waals surface area contributed by atoms with Crippen LogP contribution in [0.25, 0.3) is 11.1 Å². The minimum Gasteiger partial charge on any atom is -0.493 e. The van der Waals surface area contributed by atoms with Crippen molar-refractivity contribution in [3.05, 3.63) is 77.9 Å². The Morgan fingerprint density at radius 1 is 0.914 bits per heavy atom. The Kier molecular flexibility index (Phi) is 8.30. The van der Waals surface area contributed by atoms with E-state index in [0.717, 1.165) is 72.7 Å². The number of piperidine rings is 1. The van der Waals surface area contributed by atoms with E-state index in [1.807, 2.05) is 54.3 Å². The maximum absolute atomic E-state index is 12.9. The zero-order chi connectivity index (χ0) is 24.6. The molecule has 1 fully saturated rings. The number of methoxy groups -OCH3 is 2. The first-order valence-corrected chi connectivity index (χ1v) is 12.4. The van der Waals surface area contributed by atoms with Gasteiger partial charge in [-0.25, -0.2) is 0 Å². The second-order valence-corrected chi connectivity index (χ2v) is 9.16. The van der Waals surface area contributed by atoms with Gasteiger partial charge in [-0.3, -0.25) is 4.79 Å². The van der Waals surface area contributed by atoms with Gasteiger partial charge in [-0.1, -0.05) is 54.6 Å². The van der Waals surface area contributed by atoms with Crippen LogP contribution in [0.5, 0.6) is 17.2 Å². The number of para-hydroxylation sites is 1. The van der Waals surface area contributed by atoms with Crippen molar-refractivity contribution in [3.63, 3.8) is 0 Å². The van der Waals surface area contributed by atoms with E-state index in [2.05, 4.69) is 24.3 Å². The highest BCUT2D eigenvalue weighted by atomic mass is 16.5. The van der Waals surface area contributed by atoms with E-state index in [1.165, 1.54) is 5.56 Å². The van der Waals surface area contributed by atoms with Gasteiger partial charge in [0.2, 0.25) is 0 Å². The van der Waals surface area contributed by atoms with Crippen LogP contribution in [0, 0.1) is 12.8 Å². The monoisotopic (exact) mass is 473 g/mol. The summed E-state index contributed by atoms with van der Waals surface area (Å²) in [5.74, 6) is 3.00. The lowest BCUT2D eigenvalue weighted by Gasteiger charge is -2.32. The molecule has 0 N–H and O–H groups in total. The molecule has 3 aromatic carbocycles. The second kappa shape index (κ2) is 11.8. The number of ether oxygens (including phenoxy) is 3. The van der Waals surface area contributed by atoms with Crippen LogP contribution < -0.4 is 14.2 Å². The molecule has 1 aliphatic heterocycles. The van der Waals surface area contributed by atoms with E-state index in [-0.39, 0.29) is 12.5 Å². The van der Waals surface area contributed by atoms with Gasteiger partial charge in [-0.15, -0.1) is 0 Å². The Hall–Kier alpha value is -3.47. The van der Waals surface area contributed by atoms with Crippen molar-refractivity contribution in [1.29, 1.82) is 0 Å². The van der Waals surface area contributed by atoms with E-state index in [9.17, 15) is 4.79 Å². The van der Waals surface area contributed by atoms with Crippen molar-refractivity contribution >= 4 is 5.91 Å². The first-order valence-electron chi connectivity index (χ1n) is 12.4. The number of nitrogens with zero attached hydrogens (tertiary/aromatic N) is 1. The maximum atomic E-state index is 12.9. The third-order valence-corrected chi connectivity index (χ3v) is 6.89. The summed E-state index contributed by atoms with van der Waals surface area (Å²) >= 11 is 0. The predicted molar refractivity (Wildman–Crippen MR) is 139 cm³/mol. The van der Waals surface area contributed by atoms with Crippen LogP contribution in [-0.2, 0) is 11.2 Å². The zero-order valence-electron chi connectivity index (χ0n) is 21.0. The van der Waals surface area contributed by atoms with Gasteiger partial charge in [0.1, 0.15) is 5.75 Å². The predicted octanol–water partition coefficient (Wildman–Crippen LogP) is 5.93. The van der Waals surface area contributed by atoms with E-state index < -0.39 is 0 Å². The molecule has 1 saturated heterocycles. The highest BCUT2D eigenvalue weighted by molar-refractivity contribution is 5.79. The zero-order valence-corrected chi connectivity index (χ0v) is 21.0. The SMILES string of the molecule is COc1ccc(CCC2CCN(C(=O)COc3c(C)cccc3-c3ccccc3)CC2)cc1OC. The first-order chi connectivity index (χ1) is 17.1. The molecule has 4 rings (SSSR count). The minimum absolute atomic E-state index is 0.0607. The fourth-order valence-electron chi connectivity index (χ4n) is 4.79. The van der Waals surface area contributed by atoms with E-state index in [1.54, 1.807) is 14.2 Å². The normalized spacial score (nSPS) is 14.0. The molecule has 0 unspecified atom stereocenters. The third-order valence-electron chi connectivity index (χ3n) is 6.89. The lowest BCUT2D eigenvalue weighted by molar-refractivity contribution is -0.134. The van der Waals surface area contributed by atoms with Gasteiger partial charge in [-0.05, 0) is 67.3 Å². The molecule has 5 heteroatoms. The number of carbonyl (C=O) groups excluding carboxylic acids is 1. The van der Waals surface area contributed by atoms with Crippen molar-refractivity contribution in [2.75, 3.05) is 33.9 Å². The molecule has 1 aliphatic rings. The Bertz CT molecular complexity index is 1120. The molecular weight excluding hydrogens is 438 g/mol. The van der Waals surface area contributed by atoms with E-state index in [0.29, 0.717) is 5.92 Å². The van der Waals surface area contributed by atoms with Crippen LogP contribution in [0.4, 0.5) is 0 Å². The molecule has 0 aromatic heterocycles. The van der Waals surface area contributed by atoms with Gasteiger partial charge in [0, 0.05) is 18.7 Å². The number of likely N-dealkylation sites (tertiary alicyclic amines) is 1. The summed E-state index contributed by atoms with van der Waals surface area (Å²) in [7, 11) is 3.32. The molecule has 0 radical (unpaired) electrons. The molecule has 0 aliphatic carbocycles. The molecule has 0 bridgehead atoms. The quantitative estimate of drug-likeness (QED) is 0.387. The summed E-state index contributed by atoms with van der Waals surface area (Å²) in [5.41, 5.74) is 4.40. The molecule has 35 heavy (non-hydrogen) atoms. The molecule has 3 aromatic rings. The average molecular weight is 474 g/mol. The molecule has 184 valence electrons. The van der Waals surface area contributed by atoms with Crippen molar-refractivity contribution < 1.29 is 19.0 Å². The summed E-state index contributed by atoms with van der Waals surface area (Å²) in [4.78, 5) is 14.9. The van der Waals surface area contributed by atoms with Crippen LogP contribution >= 0.6 is 0 Å². The van der Waals surface area contributed by atoms with Crippen molar-refractivity contribution in [1.82, 2.24) is 4.90 Å². The standard InChI is InChI=1S/C30H35NO4/c1-22-8-7-11-26(25-9-5-4-6-10-25)30(22)35-21-29(32)31-18-16-23(17-19-31)12-13-24-14-15-27(33-2)28(20-24)34-3/h4-11,14-15,20,23H,12-13,16-19,21H2,1-3H3. The van der Waals surface area contributed by atoms with Crippen molar-refractivity contribution in [2.45, 2.75) is 32.6 Å². The van der Waals surface area contributed by atoms with Crippen molar-refractivity contribution in [3.8, 4) is 28.4 Å². The highest BCUT2D eigenvalue weighted by Gasteiger charge is 2.23. The second-order valence-electron chi connectivity index (χ2n) is 9.16. The van der Waals surface area contributed by atoms with Crippen LogP contribution in [0.3, 0.4) is 0 Å². The lowest BCUT2D eigenvalue weighted by Crippen LogP contribution is -2.41. The third kappa shape index (κ3) is 6.16. The first kappa shape index (κ1) is 24.6. The summed E-state index contributed by atoms with van der Waals surface area (Å²) < 4.78 is 16.9. The van der Waals surface area contributed by atoms with Gasteiger partial charge in [0.05, 0.1) is 14.2 Å². The molecule has 5 nitrogen and oxygen atoms in total. The fourth-order valence-corrected chi connectivity index (χ4v) is 4.79. The number of carbonyl (C=O) groups is 1. The van der Waals surface area contributed by atoms with Gasteiger partial charge < -0.3 is 19.1 Å². The topological polar surface area (TPSA) is 48.0 Å². The summed E-state index contributed by atoms with van der Waals surface area (Å²) in [6.45, 7) is 3.67. The molecule has 0 saturated carbocycles. The van der Waals surface area contributed by atoms with Gasteiger partial charge >= 0.3 is 0 Å². The Morgan fingerprint density at radius 2 is 1.66 bits per heavy atom. The number of hydrogen-bond acceptors (Lipinski definition) is 4. The number of amides is 1. The van der Waals surface area contributed by atoms with Crippen LogP contribution in [0.15, 0.2) is 66.7 Å². The van der Waals surface area contributed by atoms with Crippen LogP contribution in [0.1, 0.15) is 30.4 Å². The number of aryl methyl sites for hydroxylation is 2. The summed E-state index contributed by atoms with van der Waals surface area (Å²) in [5, 5.41) is 0. The number of benzene rings is 3. The van der Waals surface area contributed by atoms with Crippen molar-refractivity contribution in [2.24, 2.45) is 5.92 Å². The Labute approximate surface area is 208 Å². The molecule has 0 spiro atoms. The van der Waals surface area contributed by atoms with Gasteiger partial charge in [-0.2, -0.15) is 0 Å². The van der Waals surface area contributed by atoms with Gasteiger partial charge in [0.15, 0.2) is 18.1 Å². The minimum atomic E-state index is 0.0607. The fraction of sp³-hybridized carbons (Fsp3) is 0.367. The van der Waals surface area contributed by atoms with Gasteiger partial charge in [0.25, 0.3) is 5.91 Å². The Morgan fingerprint density at radius 3 is 2.37 bits per heavy atom. The smallest absolute Gasteiger partial charge is 0.260 e. The molecular formula is C30H35NO4. The maximum Gasteiger partial charge on any atom is 0.260 e. The molecule has 1 amide bonds. The summed E-state index contributed by atoms with van der Waals surface area (Å²) in [6.07, 6.45) is 4.16. The lowest BCUT2D eigenvalue weighted by atomic mass is 9.90. The summed E-state index contributed by atoms with van der Waals surface area (Å²) in [6, 6.07) is 22.4.